The van der Waals surface area contributed by atoms with Gasteiger partial charge in [0.1, 0.15) is 5.88 Å². The van der Waals surface area contributed by atoms with E-state index in [1.54, 1.807) is 12.0 Å². The van der Waals surface area contributed by atoms with E-state index in [2.05, 4.69) is 0 Å². The maximum atomic E-state index is 12.0. The first kappa shape index (κ1) is 13.9. The van der Waals surface area contributed by atoms with Crippen LogP contribution in [0.4, 0.5) is 5.69 Å². The van der Waals surface area contributed by atoms with Crippen LogP contribution < -0.4 is 9.64 Å². The van der Waals surface area contributed by atoms with E-state index in [0.717, 1.165) is 15.6 Å². The number of hydrogen-bond acceptors (Lipinski definition) is 3. The molecule has 0 N–H and O–H groups in total. The third kappa shape index (κ3) is 3.49. The fourth-order valence-corrected chi connectivity index (χ4v) is 2.66. The molecule has 2 aromatic rings. The van der Waals surface area contributed by atoms with Gasteiger partial charge in [0.15, 0.2) is 5.06 Å². The highest BCUT2D eigenvalue weighted by Crippen LogP contribution is 2.27. The van der Waals surface area contributed by atoms with Gasteiger partial charge in [0.2, 0.25) is 5.91 Å². The third-order valence-corrected chi connectivity index (χ3v) is 3.90. The van der Waals surface area contributed by atoms with Crippen molar-refractivity contribution in [1.82, 2.24) is 0 Å². The number of nitrogens with zero attached hydrogens (tertiary/aromatic N) is 1. The maximum absolute atomic E-state index is 12.0. The smallest absolute Gasteiger partial charge is 0.242 e. The quantitative estimate of drug-likeness (QED) is 0.790. The number of thiophene rings is 1. The van der Waals surface area contributed by atoms with Gasteiger partial charge in [-0.1, -0.05) is 18.2 Å². The summed E-state index contributed by atoms with van der Waals surface area (Å²) in [4.78, 5) is 14.7. The van der Waals surface area contributed by atoms with E-state index in [-0.39, 0.29) is 11.8 Å². The Labute approximate surface area is 121 Å². The van der Waals surface area contributed by atoms with Crippen molar-refractivity contribution in [2.45, 2.75) is 6.54 Å². The lowest BCUT2D eigenvalue weighted by molar-refractivity contribution is -0.116. The molecule has 0 unspecified atom stereocenters. The molecule has 1 heterocycles. The van der Waals surface area contributed by atoms with Crippen LogP contribution in [0.3, 0.4) is 0 Å². The summed E-state index contributed by atoms with van der Waals surface area (Å²) in [6, 6.07) is 13.4. The summed E-state index contributed by atoms with van der Waals surface area (Å²) < 4.78 is 5.16. The van der Waals surface area contributed by atoms with Crippen LogP contribution in [0.2, 0.25) is 0 Å². The lowest BCUT2D eigenvalue weighted by atomic mass is 10.2. The van der Waals surface area contributed by atoms with Crippen molar-refractivity contribution >= 4 is 34.5 Å². The molecule has 0 saturated carbocycles. The Balaban J connectivity index is 2.21. The molecule has 1 aromatic carbocycles. The van der Waals surface area contributed by atoms with Gasteiger partial charge in [-0.25, -0.2) is 0 Å². The number of anilines is 1. The minimum Gasteiger partial charge on any atom is -0.487 e. The van der Waals surface area contributed by atoms with Crippen molar-refractivity contribution < 1.29 is 9.53 Å². The van der Waals surface area contributed by atoms with E-state index in [1.165, 1.54) is 11.3 Å². The Hall–Kier alpha value is -1.52. The Morgan fingerprint density at radius 2 is 2.00 bits per heavy atom. The molecule has 0 aliphatic rings. The zero-order valence-corrected chi connectivity index (χ0v) is 12.1. The second kappa shape index (κ2) is 6.59. The number of carbonyl (C=O) groups is 1. The molecule has 0 fully saturated rings. The van der Waals surface area contributed by atoms with Crippen LogP contribution in [-0.2, 0) is 11.3 Å². The Bertz CT molecular complexity index is 541. The summed E-state index contributed by atoms with van der Waals surface area (Å²) in [5, 5.41) is 0.835. The van der Waals surface area contributed by atoms with Crippen LogP contribution in [0, 0.1) is 0 Å². The van der Waals surface area contributed by atoms with Crippen molar-refractivity contribution in [3.8, 4) is 5.06 Å². The molecule has 100 valence electrons. The normalized spacial score (nSPS) is 10.2. The lowest BCUT2D eigenvalue weighted by Crippen LogP contribution is -2.30. The van der Waals surface area contributed by atoms with E-state index < -0.39 is 0 Å². The SMILES string of the molecule is COc1ccc(CN(C(=O)CCl)c2ccccc2)s1. The van der Waals surface area contributed by atoms with Crippen molar-refractivity contribution in [2.24, 2.45) is 0 Å². The predicted molar refractivity (Wildman–Crippen MR) is 79.2 cm³/mol. The van der Waals surface area contributed by atoms with Gasteiger partial charge in [-0.3, -0.25) is 4.79 Å². The first-order valence-corrected chi connectivity index (χ1v) is 7.13. The van der Waals surface area contributed by atoms with Crippen LogP contribution in [0.1, 0.15) is 4.88 Å². The number of alkyl halides is 1. The average Bonchev–Trinajstić information content (AvgIpc) is 2.92. The van der Waals surface area contributed by atoms with Crippen molar-refractivity contribution in [1.29, 1.82) is 0 Å². The summed E-state index contributed by atoms with van der Waals surface area (Å²) in [7, 11) is 1.63. The van der Waals surface area contributed by atoms with Gasteiger partial charge in [0.05, 0.1) is 13.7 Å². The summed E-state index contributed by atoms with van der Waals surface area (Å²) in [5.74, 6) is -0.141. The largest absolute Gasteiger partial charge is 0.487 e. The van der Waals surface area contributed by atoms with Gasteiger partial charge >= 0.3 is 0 Å². The molecule has 19 heavy (non-hydrogen) atoms. The first-order chi connectivity index (χ1) is 9.24. The molecular formula is C14H14ClNO2S. The summed E-state index contributed by atoms with van der Waals surface area (Å²) in [6.07, 6.45) is 0. The van der Waals surface area contributed by atoms with Crippen molar-refractivity contribution in [3.63, 3.8) is 0 Å². The molecule has 3 nitrogen and oxygen atoms in total. The van der Waals surface area contributed by atoms with Gasteiger partial charge in [-0.15, -0.1) is 22.9 Å². The predicted octanol–water partition coefficient (Wildman–Crippen LogP) is 3.53. The number of amides is 1. The highest BCUT2D eigenvalue weighted by molar-refractivity contribution is 7.13. The van der Waals surface area contributed by atoms with Gasteiger partial charge < -0.3 is 9.64 Å². The maximum Gasteiger partial charge on any atom is 0.242 e. The zero-order valence-electron chi connectivity index (χ0n) is 10.5. The fraction of sp³-hybridized carbons (Fsp3) is 0.214. The Morgan fingerprint density at radius 1 is 1.26 bits per heavy atom. The van der Waals surface area contributed by atoms with Crippen molar-refractivity contribution in [3.05, 3.63) is 47.3 Å². The van der Waals surface area contributed by atoms with E-state index >= 15 is 0 Å². The topological polar surface area (TPSA) is 29.5 Å². The molecule has 0 atom stereocenters. The van der Waals surface area contributed by atoms with Gasteiger partial charge in [-0.05, 0) is 24.3 Å². The van der Waals surface area contributed by atoms with E-state index in [1.807, 2.05) is 42.5 Å². The second-order valence-corrected chi connectivity index (χ2v) is 5.27. The highest BCUT2D eigenvalue weighted by atomic mass is 35.5. The monoisotopic (exact) mass is 295 g/mol. The van der Waals surface area contributed by atoms with Gasteiger partial charge in [0.25, 0.3) is 0 Å². The molecule has 0 spiro atoms. The lowest BCUT2D eigenvalue weighted by Gasteiger charge is -2.21. The number of para-hydroxylation sites is 1. The van der Waals surface area contributed by atoms with E-state index in [4.69, 9.17) is 16.3 Å². The Morgan fingerprint density at radius 3 is 2.58 bits per heavy atom. The number of rotatable bonds is 5. The van der Waals surface area contributed by atoms with Gasteiger partial charge in [0, 0.05) is 10.6 Å². The molecule has 0 radical (unpaired) electrons. The average molecular weight is 296 g/mol. The highest BCUT2D eigenvalue weighted by Gasteiger charge is 2.16. The van der Waals surface area contributed by atoms with E-state index in [0.29, 0.717) is 6.54 Å². The molecule has 2 rings (SSSR count). The van der Waals surface area contributed by atoms with Gasteiger partial charge in [-0.2, -0.15) is 0 Å². The Kier molecular flexibility index (Phi) is 4.82. The molecule has 0 aliphatic heterocycles. The van der Waals surface area contributed by atoms with Crippen LogP contribution in [0.25, 0.3) is 0 Å². The first-order valence-electron chi connectivity index (χ1n) is 5.78. The minimum absolute atomic E-state index is 0.0304. The summed E-state index contributed by atoms with van der Waals surface area (Å²) in [6.45, 7) is 0.504. The molecule has 1 aromatic heterocycles. The van der Waals surface area contributed by atoms with Crippen LogP contribution in [0.15, 0.2) is 42.5 Å². The fourth-order valence-electron chi connectivity index (χ4n) is 1.71. The number of carbonyl (C=O) groups excluding carboxylic acids is 1. The number of ether oxygens (including phenoxy) is 1. The summed E-state index contributed by atoms with van der Waals surface area (Å²) in [5.41, 5.74) is 0.848. The molecule has 0 saturated heterocycles. The number of benzene rings is 1. The third-order valence-electron chi connectivity index (χ3n) is 2.64. The molecular weight excluding hydrogens is 282 g/mol. The van der Waals surface area contributed by atoms with E-state index in [9.17, 15) is 4.79 Å². The molecule has 5 heteroatoms. The second-order valence-electron chi connectivity index (χ2n) is 3.87. The molecule has 0 bridgehead atoms. The number of methoxy groups -OCH3 is 1. The molecule has 0 aliphatic carbocycles. The standard InChI is InChI=1S/C14H14ClNO2S/c1-18-14-8-7-12(19-14)10-16(13(17)9-15)11-5-3-2-4-6-11/h2-8H,9-10H2,1H3. The number of halogens is 1. The van der Waals surface area contributed by atoms with Crippen LogP contribution in [0.5, 0.6) is 5.06 Å². The minimum atomic E-state index is -0.111. The zero-order chi connectivity index (χ0) is 13.7. The van der Waals surface area contributed by atoms with Crippen LogP contribution in [-0.4, -0.2) is 18.9 Å². The van der Waals surface area contributed by atoms with Crippen LogP contribution >= 0.6 is 22.9 Å². The van der Waals surface area contributed by atoms with Crippen molar-refractivity contribution in [2.75, 3.05) is 17.9 Å². The molecule has 1 amide bonds. The summed E-state index contributed by atoms with van der Waals surface area (Å²) >= 11 is 7.21. The number of hydrogen-bond donors (Lipinski definition) is 0.